The highest BCUT2D eigenvalue weighted by Gasteiger charge is 2.00. The summed E-state index contributed by atoms with van der Waals surface area (Å²) in [7, 11) is 3.75. The standard InChI is InChI=1S/C19H26N4O/c1-23(17-10-4-3-5-11-17)14-7-6-13-21-19(20)22-16-9-8-12-18(15-16)24-2/h3-5,8-12,15H,6-7,13-14H2,1-2H3,(H3,20,21,22). The second-order valence-electron chi connectivity index (χ2n) is 5.59. The molecule has 0 fully saturated rings. The van der Waals surface area contributed by atoms with E-state index >= 15 is 0 Å². The van der Waals surface area contributed by atoms with Gasteiger partial charge in [0.1, 0.15) is 5.75 Å². The van der Waals surface area contributed by atoms with Crippen molar-refractivity contribution in [2.75, 3.05) is 37.5 Å². The molecule has 0 unspecified atom stereocenters. The van der Waals surface area contributed by atoms with Crippen LogP contribution in [-0.4, -0.2) is 33.2 Å². The van der Waals surface area contributed by atoms with Gasteiger partial charge in [0.05, 0.1) is 7.11 Å². The molecule has 0 saturated carbocycles. The Balaban J connectivity index is 1.69. The first kappa shape index (κ1) is 17.7. The summed E-state index contributed by atoms with van der Waals surface area (Å²) in [6.07, 6.45) is 2.07. The lowest BCUT2D eigenvalue weighted by Crippen LogP contribution is -2.23. The van der Waals surface area contributed by atoms with Gasteiger partial charge in [0.25, 0.3) is 0 Å². The Hall–Kier alpha value is -2.69. The van der Waals surface area contributed by atoms with E-state index in [-0.39, 0.29) is 0 Å². The second kappa shape index (κ2) is 9.45. The van der Waals surface area contributed by atoms with E-state index in [0.717, 1.165) is 30.8 Å². The first-order chi connectivity index (χ1) is 11.7. The number of unbranched alkanes of at least 4 members (excludes halogenated alkanes) is 1. The Morgan fingerprint density at radius 2 is 1.92 bits per heavy atom. The predicted molar refractivity (Wildman–Crippen MR) is 102 cm³/mol. The molecule has 0 amide bonds. The van der Waals surface area contributed by atoms with Gasteiger partial charge in [-0.25, -0.2) is 0 Å². The van der Waals surface area contributed by atoms with E-state index in [0.29, 0.717) is 12.5 Å². The molecule has 24 heavy (non-hydrogen) atoms. The highest BCUT2D eigenvalue weighted by Crippen LogP contribution is 2.16. The summed E-state index contributed by atoms with van der Waals surface area (Å²) < 4.78 is 5.18. The van der Waals surface area contributed by atoms with Crippen LogP contribution < -0.4 is 20.7 Å². The van der Waals surface area contributed by atoms with Crippen LogP contribution >= 0.6 is 0 Å². The summed E-state index contributed by atoms with van der Waals surface area (Å²) in [6.45, 7) is 1.72. The number of anilines is 2. The van der Waals surface area contributed by atoms with E-state index < -0.39 is 0 Å². The number of guanidine groups is 1. The minimum Gasteiger partial charge on any atom is -0.497 e. The monoisotopic (exact) mass is 326 g/mol. The molecular formula is C19H26N4O. The van der Waals surface area contributed by atoms with E-state index in [2.05, 4.69) is 46.5 Å². The maximum atomic E-state index is 5.92. The zero-order valence-corrected chi connectivity index (χ0v) is 14.4. The van der Waals surface area contributed by atoms with Crippen molar-refractivity contribution in [1.29, 1.82) is 0 Å². The van der Waals surface area contributed by atoms with Crippen molar-refractivity contribution in [1.82, 2.24) is 0 Å². The maximum absolute atomic E-state index is 5.92. The number of nitrogens with two attached hydrogens (primary N) is 1. The van der Waals surface area contributed by atoms with Crippen molar-refractivity contribution in [2.24, 2.45) is 10.7 Å². The molecule has 2 aromatic carbocycles. The molecule has 5 heteroatoms. The summed E-state index contributed by atoms with van der Waals surface area (Å²) in [5.41, 5.74) is 8.03. The van der Waals surface area contributed by atoms with E-state index in [9.17, 15) is 0 Å². The van der Waals surface area contributed by atoms with Crippen molar-refractivity contribution in [3.05, 3.63) is 54.6 Å². The van der Waals surface area contributed by atoms with Gasteiger partial charge in [-0.15, -0.1) is 0 Å². The molecule has 0 bridgehead atoms. The topological polar surface area (TPSA) is 62.9 Å². The van der Waals surface area contributed by atoms with E-state index in [1.165, 1.54) is 5.69 Å². The fourth-order valence-corrected chi connectivity index (χ4v) is 2.36. The summed E-state index contributed by atoms with van der Waals surface area (Å²) >= 11 is 0. The molecule has 0 saturated heterocycles. The average molecular weight is 326 g/mol. The lowest BCUT2D eigenvalue weighted by atomic mass is 10.2. The van der Waals surface area contributed by atoms with Crippen LogP contribution in [0.3, 0.4) is 0 Å². The molecular weight excluding hydrogens is 300 g/mol. The van der Waals surface area contributed by atoms with Crippen LogP contribution in [0, 0.1) is 0 Å². The van der Waals surface area contributed by atoms with Gasteiger partial charge in [-0.05, 0) is 37.1 Å². The third-order valence-electron chi connectivity index (χ3n) is 3.72. The number of para-hydroxylation sites is 1. The summed E-state index contributed by atoms with van der Waals surface area (Å²) in [5.74, 6) is 1.22. The number of nitrogens with zero attached hydrogens (tertiary/aromatic N) is 2. The van der Waals surface area contributed by atoms with Crippen molar-refractivity contribution in [3.8, 4) is 5.75 Å². The van der Waals surface area contributed by atoms with E-state index in [4.69, 9.17) is 10.5 Å². The number of aliphatic imine (C=N–C) groups is 1. The minimum absolute atomic E-state index is 0.430. The molecule has 5 nitrogen and oxygen atoms in total. The van der Waals surface area contributed by atoms with Crippen molar-refractivity contribution < 1.29 is 4.74 Å². The summed E-state index contributed by atoms with van der Waals surface area (Å²) in [5, 5.41) is 3.08. The molecule has 0 aliphatic rings. The average Bonchev–Trinajstić information content (AvgIpc) is 2.62. The summed E-state index contributed by atoms with van der Waals surface area (Å²) in [6, 6.07) is 18.0. The van der Waals surface area contributed by atoms with Crippen LogP contribution in [0.1, 0.15) is 12.8 Å². The number of hydrogen-bond donors (Lipinski definition) is 2. The molecule has 2 aromatic rings. The smallest absolute Gasteiger partial charge is 0.193 e. The molecule has 0 aliphatic carbocycles. The molecule has 0 radical (unpaired) electrons. The van der Waals surface area contributed by atoms with Crippen LogP contribution in [0.2, 0.25) is 0 Å². The Labute approximate surface area is 144 Å². The fourth-order valence-electron chi connectivity index (χ4n) is 2.36. The highest BCUT2D eigenvalue weighted by atomic mass is 16.5. The lowest BCUT2D eigenvalue weighted by Gasteiger charge is -2.18. The molecule has 2 rings (SSSR count). The van der Waals surface area contributed by atoms with Crippen LogP contribution in [0.4, 0.5) is 11.4 Å². The Morgan fingerprint density at radius 1 is 1.12 bits per heavy atom. The lowest BCUT2D eigenvalue weighted by molar-refractivity contribution is 0.415. The Morgan fingerprint density at radius 3 is 2.67 bits per heavy atom. The third kappa shape index (κ3) is 5.83. The molecule has 0 heterocycles. The van der Waals surface area contributed by atoms with Gasteiger partial charge in [-0.1, -0.05) is 24.3 Å². The molecule has 128 valence electrons. The maximum Gasteiger partial charge on any atom is 0.193 e. The van der Waals surface area contributed by atoms with Gasteiger partial charge < -0.3 is 20.7 Å². The number of nitrogens with one attached hydrogen (secondary N) is 1. The first-order valence-electron chi connectivity index (χ1n) is 8.16. The predicted octanol–water partition coefficient (Wildman–Crippen LogP) is 3.34. The van der Waals surface area contributed by atoms with Gasteiger partial charge in [0.15, 0.2) is 5.96 Å². The second-order valence-corrected chi connectivity index (χ2v) is 5.59. The first-order valence-corrected chi connectivity index (χ1v) is 8.16. The van der Waals surface area contributed by atoms with Crippen LogP contribution in [0.15, 0.2) is 59.6 Å². The van der Waals surface area contributed by atoms with Crippen LogP contribution in [0.5, 0.6) is 5.75 Å². The van der Waals surface area contributed by atoms with Gasteiger partial charge >= 0.3 is 0 Å². The van der Waals surface area contributed by atoms with Crippen molar-refractivity contribution >= 4 is 17.3 Å². The SMILES string of the molecule is COc1cccc(NC(N)=NCCCCN(C)c2ccccc2)c1. The summed E-state index contributed by atoms with van der Waals surface area (Å²) in [4.78, 5) is 6.62. The van der Waals surface area contributed by atoms with Gasteiger partial charge in [-0.2, -0.15) is 0 Å². The number of ether oxygens (including phenoxy) is 1. The third-order valence-corrected chi connectivity index (χ3v) is 3.72. The normalized spacial score (nSPS) is 11.2. The minimum atomic E-state index is 0.430. The molecule has 0 atom stereocenters. The molecule has 0 aliphatic heterocycles. The van der Waals surface area contributed by atoms with Crippen LogP contribution in [0.25, 0.3) is 0 Å². The largest absolute Gasteiger partial charge is 0.497 e. The quantitative estimate of drug-likeness (QED) is 0.444. The molecule has 0 spiro atoms. The van der Waals surface area contributed by atoms with Crippen molar-refractivity contribution in [3.63, 3.8) is 0 Å². The number of hydrogen-bond acceptors (Lipinski definition) is 3. The zero-order valence-electron chi connectivity index (χ0n) is 14.4. The Kier molecular flexibility index (Phi) is 6.95. The molecule has 3 N–H and O–H groups in total. The number of methoxy groups -OCH3 is 1. The highest BCUT2D eigenvalue weighted by molar-refractivity contribution is 5.92. The van der Waals surface area contributed by atoms with E-state index in [1.807, 2.05) is 30.3 Å². The number of benzene rings is 2. The zero-order chi connectivity index (χ0) is 17.2. The van der Waals surface area contributed by atoms with Gasteiger partial charge in [0.2, 0.25) is 0 Å². The van der Waals surface area contributed by atoms with Gasteiger partial charge in [-0.3, -0.25) is 4.99 Å². The fraction of sp³-hybridized carbons (Fsp3) is 0.316. The van der Waals surface area contributed by atoms with Crippen molar-refractivity contribution in [2.45, 2.75) is 12.8 Å². The van der Waals surface area contributed by atoms with Crippen LogP contribution in [-0.2, 0) is 0 Å². The number of rotatable bonds is 8. The molecule has 0 aromatic heterocycles. The van der Waals surface area contributed by atoms with Gasteiger partial charge in [0, 0.05) is 37.6 Å². The Bertz CT molecular complexity index is 643. The van der Waals surface area contributed by atoms with E-state index in [1.54, 1.807) is 7.11 Å².